The van der Waals surface area contributed by atoms with Crippen LogP contribution in [-0.2, 0) is 0 Å². The van der Waals surface area contributed by atoms with Crippen LogP contribution in [-0.4, -0.2) is 23.4 Å². The van der Waals surface area contributed by atoms with E-state index in [4.69, 9.17) is 5.73 Å². The van der Waals surface area contributed by atoms with E-state index in [-0.39, 0.29) is 12.1 Å². The Hall–Kier alpha value is -1.65. The van der Waals surface area contributed by atoms with E-state index in [2.05, 4.69) is 4.99 Å². The molecule has 18 heavy (non-hydrogen) atoms. The second-order valence-corrected chi connectivity index (χ2v) is 4.52. The van der Waals surface area contributed by atoms with Gasteiger partial charge in [-0.05, 0) is 19.4 Å². The molecule has 0 amide bonds. The zero-order valence-electron chi connectivity index (χ0n) is 10.5. The van der Waals surface area contributed by atoms with E-state index in [0.29, 0.717) is 18.1 Å². The normalized spacial score (nSPS) is 21.0. The molecule has 0 fully saturated rings. The molecule has 2 N–H and O–H groups in total. The molecule has 0 spiro atoms. The second-order valence-electron chi connectivity index (χ2n) is 4.52. The van der Waals surface area contributed by atoms with Gasteiger partial charge in [0.15, 0.2) is 17.6 Å². The predicted octanol–water partition coefficient (Wildman–Crippen LogP) is 2.43. The van der Waals surface area contributed by atoms with E-state index in [1.807, 2.05) is 18.7 Å². The molecule has 1 aromatic rings. The molecular weight excluding hydrogens is 236 g/mol. The van der Waals surface area contributed by atoms with Gasteiger partial charge in [-0.15, -0.1) is 0 Å². The van der Waals surface area contributed by atoms with Gasteiger partial charge >= 0.3 is 0 Å². The van der Waals surface area contributed by atoms with Crippen LogP contribution in [0.25, 0.3) is 0 Å². The number of hydrogen-bond acceptors (Lipinski definition) is 3. The Kier molecular flexibility index (Phi) is 3.50. The van der Waals surface area contributed by atoms with Gasteiger partial charge in [0.2, 0.25) is 0 Å². The number of halogens is 2. The Morgan fingerprint density at radius 2 is 2.22 bits per heavy atom. The summed E-state index contributed by atoms with van der Waals surface area (Å²) < 4.78 is 27.1. The van der Waals surface area contributed by atoms with E-state index in [9.17, 15) is 8.78 Å². The number of benzene rings is 1. The van der Waals surface area contributed by atoms with Crippen LogP contribution < -0.4 is 5.73 Å². The molecule has 5 heteroatoms. The van der Waals surface area contributed by atoms with Crippen LogP contribution in [0.3, 0.4) is 0 Å². The van der Waals surface area contributed by atoms with Crippen molar-refractivity contribution >= 4 is 5.96 Å². The number of aliphatic imine (C=N–C) groups is 1. The van der Waals surface area contributed by atoms with Gasteiger partial charge in [0.1, 0.15) is 0 Å². The molecule has 0 saturated carbocycles. The quantitative estimate of drug-likeness (QED) is 0.899. The van der Waals surface area contributed by atoms with Gasteiger partial charge < -0.3 is 10.6 Å². The van der Waals surface area contributed by atoms with Crippen LogP contribution in [0.15, 0.2) is 23.2 Å². The minimum Gasteiger partial charge on any atom is -0.370 e. The first-order valence-electron chi connectivity index (χ1n) is 6.08. The summed E-state index contributed by atoms with van der Waals surface area (Å²) in [4.78, 5) is 6.01. The van der Waals surface area contributed by atoms with Gasteiger partial charge in [-0.25, -0.2) is 8.78 Å². The fourth-order valence-electron chi connectivity index (χ4n) is 2.26. The van der Waals surface area contributed by atoms with Crippen LogP contribution in [0.4, 0.5) is 8.78 Å². The van der Waals surface area contributed by atoms with Crippen LogP contribution in [0, 0.1) is 11.6 Å². The van der Waals surface area contributed by atoms with Crippen molar-refractivity contribution in [2.75, 3.05) is 6.54 Å². The average molecular weight is 253 g/mol. The molecule has 0 bridgehead atoms. The smallest absolute Gasteiger partial charge is 0.192 e. The molecule has 98 valence electrons. The molecule has 0 aliphatic carbocycles. The average Bonchev–Trinajstić information content (AvgIpc) is 2.73. The molecule has 1 heterocycles. The minimum absolute atomic E-state index is 0.143. The summed E-state index contributed by atoms with van der Waals surface area (Å²) in [7, 11) is 0. The Labute approximate surface area is 105 Å². The fraction of sp³-hybridized carbons (Fsp3) is 0.462. The third kappa shape index (κ3) is 2.05. The lowest BCUT2D eigenvalue weighted by molar-refractivity contribution is 0.262. The van der Waals surface area contributed by atoms with Gasteiger partial charge in [0.05, 0.1) is 12.6 Å². The molecule has 2 unspecified atom stereocenters. The van der Waals surface area contributed by atoms with Crippen molar-refractivity contribution < 1.29 is 8.78 Å². The van der Waals surface area contributed by atoms with Crippen LogP contribution >= 0.6 is 0 Å². The van der Waals surface area contributed by atoms with Gasteiger partial charge in [-0.3, -0.25) is 4.99 Å². The fourth-order valence-corrected chi connectivity index (χ4v) is 2.26. The first-order chi connectivity index (χ1) is 8.56. The highest BCUT2D eigenvalue weighted by Crippen LogP contribution is 2.30. The third-order valence-electron chi connectivity index (χ3n) is 3.43. The maximum absolute atomic E-state index is 13.8. The maximum atomic E-state index is 13.8. The van der Waals surface area contributed by atoms with Gasteiger partial charge in [0, 0.05) is 11.6 Å². The molecule has 1 aliphatic heterocycles. The topological polar surface area (TPSA) is 41.6 Å². The number of rotatable bonds is 3. The van der Waals surface area contributed by atoms with Crippen molar-refractivity contribution in [1.29, 1.82) is 0 Å². The molecule has 0 radical (unpaired) electrons. The second kappa shape index (κ2) is 4.92. The van der Waals surface area contributed by atoms with E-state index >= 15 is 0 Å². The molecule has 3 nitrogen and oxygen atoms in total. The Morgan fingerprint density at radius 1 is 1.50 bits per heavy atom. The molecule has 2 rings (SSSR count). The molecule has 1 aromatic carbocycles. The number of nitrogens with two attached hydrogens (primary N) is 1. The summed E-state index contributed by atoms with van der Waals surface area (Å²) in [5, 5.41) is 0. The lowest BCUT2D eigenvalue weighted by atomic mass is 10.0. The summed E-state index contributed by atoms with van der Waals surface area (Å²) in [6.45, 7) is 4.39. The van der Waals surface area contributed by atoms with Gasteiger partial charge in [0.25, 0.3) is 0 Å². The van der Waals surface area contributed by atoms with Crippen molar-refractivity contribution in [2.45, 2.75) is 32.4 Å². The molecular formula is C13H17F2N3. The number of hydrogen-bond donors (Lipinski definition) is 1. The van der Waals surface area contributed by atoms with Crippen molar-refractivity contribution in [3.8, 4) is 0 Å². The van der Waals surface area contributed by atoms with Crippen molar-refractivity contribution in [3.63, 3.8) is 0 Å². The first-order valence-corrected chi connectivity index (χ1v) is 6.08. The van der Waals surface area contributed by atoms with Crippen molar-refractivity contribution in [3.05, 3.63) is 35.4 Å². The van der Waals surface area contributed by atoms with Gasteiger partial charge in [-0.2, -0.15) is 0 Å². The Balaban J connectivity index is 2.36. The molecule has 0 aromatic heterocycles. The van der Waals surface area contributed by atoms with Crippen LogP contribution in [0.1, 0.15) is 31.9 Å². The van der Waals surface area contributed by atoms with Gasteiger partial charge in [-0.1, -0.05) is 19.1 Å². The summed E-state index contributed by atoms with van der Waals surface area (Å²) in [6, 6.07) is 4.05. The first kappa shape index (κ1) is 12.8. The summed E-state index contributed by atoms with van der Waals surface area (Å²) >= 11 is 0. The Morgan fingerprint density at radius 3 is 2.89 bits per heavy atom. The SMILES string of the molecule is CCC(C)N1C(N)=NCC1c1cccc(F)c1F. The molecule has 0 saturated heterocycles. The van der Waals surface area contributed by atoms with Crippen LogP contribution in [0.2, 0.25) is 0 Å². The monoisotopic (exact) mass is 253 g/mol. The summed E-state index contributed by atoms with van der Waals surface area (Å²) in [5.41, 5.74) is 6.15. The number of nitrogens with zero attached hydrogens (tertiary/aromatic N) is 2. The minimum atomic E-state index is -0.831. The standard InChI is InChI=1S/C13H17F2N3/c1-3-8(2)18-11(7-17-13(18)16)9-5-4-6-10(14)12(9)15/h4-6,8,11H,3,7H2,1-2H3,(H2,16,17). The zero-order valence-corrected chi connectivity index (χ0v) is 10.5. The van der Waals surface area contributed by atoms with E-state index in [1.54, 1.807) is 6.07 Å². The third-order valence-corrected chi connectivity index (χ3v) is 3.43. The lowest BCUT2D eigenvalue weighted by Gasteiger charge is -2.32. The maximum Gasteiger partial charge on any atom is 0.192 e. The highest BCUT2D eigenvalue weighted by molar-refractivity contribution is 5.80. The molecule has 2 atom stereocenters. The zero-order chi connectivity index (χ0) is 13.3. The summed E-state index contributed by atoms with van der Waals surface area (Å²) in [6.07, 6.45) is 0.865. The van der Waals surface area contributed by atoms with Crippen LogP contribution in [0.5, 0.6) is 0 Å². The summed E-state index contributed by atoms with van der Waals surface area (Å²) in [5.74, 6) is -1.24. The highest BCUT2D eigenvalue weighted by atomic mass is 19.2. The van der Waals surface area contributed by atoms with Crippen molar-refractivity contribution in [2.24, 2.45) is 10.7 Å². The van der Waals surface area contributed by atoms with Crippen molar-refractivity contribution in [1.82, 2.24) is 4.90 Å². The predicted molar refractivity (Wildman–Crippen MR) is 67.2 cm³/mol. The van der Waals surface area contributed by atoms with E-state index < -0.39 is 11.6 Å². The van der Waals surface area contributed by atoms with E-state index in [1.165, 1.54) is 6.07 Å². The molecule has 1 aliphatic rings. The largest absolute Gasteiger partial charge is 0.370 e. The Bertz CT molecular complexity index is 473. The lowest BCUT2D eigenvalue weighted by Crippen LogP contribution is -2.42. The number of guanidine groups is 1. The van der Waals surface area contributed by atoms with E-state index in [0.717, 1.165) is 12.5 Å². The highest BCUT2D eigenvalue weighted by Gasteiger charge is 2.32.